The quantitative estimate of drug-likeness (QED) is 0.901. The first kappa shape index (κ1) is 12.6. The van der Waals surface area contributed by atoms with E-state index in [0.29, 0.717) is 17.0 Å². The maximum Gasteiger partial charge on any atom is 0.287 e. The van der Waals surface area contributed by atoms with Gasteiger partial charge in [0.1, 0.15) is 0 Å². The SMILES string of the molecule is Cc1cc(Br)oc1C(=O)NCC1(O)CCCC1. The van der Waals surface area contributed by atoms with Crippen LogP contribution in [0.2, 0.25) is 0 Å². The number of carbonyl (C=O) groups is 1. The van der Waals surface area contributed by atoms with Gasteiger partial charge in [-0.25, -0.2) is 0 Å². The normalized spacial score (nSPS) is 18.3. The first-order valence-electron chi connectivity index (χ1n) is 5.77. The van der Waals surface area contributed by atoms with E-state index >= 15 is 0 Å². The van der Waals surface area contributed by atoms with Crippen LogP contribution in [-0.2, 0) is 0 Å². The number of nitrogens with one attached hydrogen (secondary N) is 1. The van der Waals surface area contributed by atoms with Crippen LogP contribution in [0.25, 0.3) is 0 Å². The summed E-state index contributed by atoms with van der Waals surface area (Å²) in [5, 5.41) is 12.8. The van der Waals surface area contributed by atoms with Crippen molar-refractivity contribution in [1.29, 1.82) is 0 Å². The fraction of sp³-hybridized carbons (Fsp3) is 0.583. The standard InChI is InChI=1S/C12H16BrNO3/c1-8-6-9(13)17-10(8)11(15)14-7-12(16)4-2-3-5-12/h6,16H,2-5,7H2,1H3,(H,14,15). The molecule has 94 valence electrons. The van der Waals surface area contributed by atoms with Crippen molar-refractivity contribution in [3.8, 4) is 0 Å². The first-order chi connectivity index (χ1) is 8.00. The van der Waals surface area contributed by atoms with E-state index in [9.17, 15) is 9.90 Å². The Morgan fingerprint density at radius 2 is 2.24 bits per heavy atom. The summed E-state index contributed by atoms with van der Waals surface area (Å²) in [4.78, 5) is 11.8. The Balaban J connectivity index is 1.95. The number of furan rings is 1. The smallest absolute Gasteiger partial charge is 0.287 e. The Hall–Kier alpha value is -0.810. The van der Waals surface area contributed by atoms with Gasteiger partial charge in [0.25, 0.3) is 5.91 Å². The second-order valence-electron chi connectivity index (χ2n) is 4.68. The molecule has 0 bridgehead atoms. The Labute approximate surface area is 109 Å². The zero-order valence-corrected chi connectivity index (χ0v) is 11.3. The zero-order chi connectivity index (χ0) is 12.5. The van der Waals surface area contributed by atoms with Gasteiger partial charge >= 0.3 is 0 Å². The predicted octanol–water partition coefficient (Wildman–Crippen LogP) is 2.39. The molecule has 0 saturated heterocycles. The Kier molecular flexibility index (Phi) is 3.58. The molecular formula is C12H16BrNO3. The monoisotopic (exact) mass is 301 g/mol. The summed E-state index contributed by atoms with van der Waals surface area (Å²) in [7, 11) is 0. The van der Waals surface area contributed by atoms with Gasteiger partial charge in [-0.15, -0.1) is 0 Å². The number of aryl methyl sites for hydroxylation is 1. The molecule has 4 nitrogen and oxygen atoms in total. The highest BCUT2D eigenvalue weighted by Gasteiger charge is 2.31. The number of carbonyl (C=O) groups excluding carboxylic acids is 1. The van der Waals surface area contributed by atoms with Crippen LogP contribution in [0.15, 0.2) is 15.2 Å². The van der Waals surface area contributed by atoms with Crippen LogP contribution in [0.5, 0.6) is 0 Å². The summed E-state index contributed by atoms with van der Waals surface area (Å²) < 4.78 is 5.79. The van der Waals surface area contributed by atoms with Crippen molar-refractivity contribution >= 4 is 21.8 Å². The number of hydrogen-bond acceptors (Lipinski definition) is 3. The van der Waals surface area contributed by atoms with E-state index < -0.39 is 5.60 Å². The fourth-order valence-electron chi connectivity index (χ4n) is 2.20. The van der Waals surface area contributed by atoms with Crippen molar-refractivity contribution in [2.24, 2.45) is 0 Å². The molecule has 2 rings (SSSR count). The van der Waals surface area contributed by atoms with E-state index in [0.717, 1.165) is 31.2 Å². The molecule has 1 fully saturated rings. The molecule has 2 N–H and O–H groups in total. The van der Waals surface area contributed by atoms with E-state index in [2.05, 4.69) is 21.2 Å². The Morgan fingerprint density at radius 3 is 2.76 bits per heavy atom. The molecule has 1 saturated carbocycles. The van der Waals surface area contributed by atoms with Gasteiger partial charge in [0.2, 0.25) is 0 Å². The van der Waals surface area contributed by atoms with E-state index in [1.165, 1.54) is 0 Å². The van der Waals surface area contributed by atoms with Gasteiger partial charge in [-0.05, 0) is 41.8 Å². The molecule has 1 aliphatic rings. The van der Waals surface area contributed by atoms with Gasteiger partial charge in [0.05, 0.1) is 5.60 Å². The van der Waals surface area contributed by atoms with E-state index in [4.69, 9.17) is 4.42 Å². The summed E-state index contributed by atoms with van der Waals surface area (Å²) in [6, 6.07) is 1.75. The van der Waals surface area contributed by atoms with E-state index in [1.807, 2.05) is 6.92 Å². The third-order valence-electron chi connectivity index (χ3n) is 3.21. The van der Waals surface area contributed by atoms with Gasteiger partial charge in [0.15, 0.2) is 10.4 Å². The van der Waals surface area contributed by atoms with Crippen molar-refractivity contribution in [3.63, 3.8) is 0 Å². The largest absolute Gasteiger partial charge is 0.444 e. The minimum absolute atomic E-state index is 0.270. The van der Waals surface area contributed by atoms with Crippen molar-refractivity contribution < 1.29 is 14.3 Å². The van der Waals surface area contributed by atoms with Gasteiger partial charge in [0, 0.05) is 12.1 Å². The average Bonchev–Trinajstić information content (AvgIpc) is 2.83. The number of aliphatic hydroxyl groups is 1. The number of halogens is 1. The lowest BCUT2D eigenvalue weighted by Gasteiger charge is -2.21. The topological polar surface area (TPSA) is 62.5 Å². The van der Waals surface area contributed by atoms with Crippen LogP contribution in [0, 0.1) is 6.92 Å². The molecule has 0 aromatic carbocycles. The van der Waals surface area contributed by atoms with Crippen molar-refractivity contribution in [2.45, 2.75) is 38.2 Å². The third kappa shape index (κ3) is 2.90. The van der Waals surface area contributed by atoms with Gasteiger partial charge in [-0.2, -0.15) is 0 Å². The predicted molar refractivity (Wildman–Crippen MR) is 66.9 cm³/mol. The summed E-state index contributed by atoms with van der Waals surface area (Å²) in [5.41, 5.74) is 0.0562. The molecule has 1 aromatic heterocycles. The summed E-state index contributed by atoms with van der Waals surface area (Å²) in [5.74, 6) is 0.0343. The van der Waals surface area contributed by atoms with Crippen molar-refractivity contribution in [1.82, 2.24) is 5.32 Å². The van der Waals surface area contributed by atoms with Crippen molar-refractivity contribution in [3.05, 3.63) is 22.1 Å². The molecule has 0 unspecified atom stereocenters. The second kappa shape index (κ2) is 4.82. The maximum atomic E-state index is 11.8. The number of amides is 1. The maximum absolute atomic E-state index is 11.8. The lowest BCUT2D eigenvalue weighted by Crippen LogP contribution is -2.40. The summed E-state index contributed by atoms with van der Waals surface area (Å²) >= 11 is 3.18. The number of rotatable bonds is 3. The summed E-state index contributed by atoms with van der Waals surface area (Å²) in [6.45, 7) is 2.11. The Bertz CT molecular complexity index is 421. The van der Waals surface area contributed by atoms with Crippen LogP contribution in [0.1, 0.15) is 41.8 Å². The van der Waals surface area contributed by atoms with Crippen LogP contribution >= 0.6 is 15.9 Å². The van der Waals surface area contributed by atoms with Crippen LogP contribution in [-0.4, -0.2) is 23.2 Å². The van der Waals surface area contributed by atoms with Crippen molar-refractivity contribution in [2.75, 3.05) is 6.54 Å². The van der Waals surface area contributed by atoms with Gasteiger partial charge < -0.3 is 14.8 Å². The average molecular weight is 302 g/mol. The molecule has 17 heavy (non-hydrogen) atoms. The molecule has 1 amide bonds. The highest BCUT2D eigenvalue weighted by molar-refractivity contribution is 9.10. The number of hydrogen-bond donors (Lipinski definition) is 2. The molecule has 0 aliphatic heterocycles. The van der Waals surface area contributed by atoms with Crippen LogP contribution in [0.3, 0.4) is 0 Å². The molecule has 0 radical (unpaired) electrons. The van der Waals surface area contributed by atoms with E-state index in [1.54, 1.807) is 6.07 Å². The minimum Gasteiger partial charge on any atom is -0.444 e. The van der Waals surface area contributed by atoms with Crippen LogP contribution in [0.4, 0.5) is 0 Å². The molecule has 5 heteroatoms. The molecular weight excluding hydrogens is 286 g/mol. The fourth-order valence-corrected chi connectivity index (χ4v) is 2.71. The lowest BCUT2D eigenvalue weighted by atomic mass is 10.0. The second-order valence-corrected chi connectivity index (χ2v) is 5.46. The van der Waals surface area contributed by atoms with Gasteiger partial charge in [-0.1, -0.05) is 12.8 Å². The molecule has 0 atom stereocenters. The molecule has 0 spiro atoms. The minimum atomic E-state index is -0.729. The van der Waals surface area contributed by atoms with Crippen LogP contribution < -0.4 is 5.32 Å². The first-order valence-corrected chi connectivity index (χ1v) is 6.56. The lowest BCUT2D eigenvalue weighted by molar-refractivity contribution is 0.0443. The highest BCUT2D eigenvalue weighted by atomic mass is 79.9. The van der Waals surface area contributed by atoms with Gasteiger partial charge in [-0.3, -0.25) is 4.79 Å². The summed E-state index contributed by atoms with van der Waals surface area (Å²) in [6.07, 6.45) is 3.57. The van der Waals surface area contributed by atoms with E-state index in [-0.39, 0.29) is 5.91 Å². The molecule has 1 aliphatic carbocycles. The zero-order valence-electron chi connectivity index (χ0n) is 9.75. The molecule has 1 aromatic rings. The Morgan fingerprint density at radius 1 is 1.59 bits per heavy atom. The highest BCUT2D eigenvalue weighted by Crippen LogP contribution is 2.28. The third-order valence-corrected chi connectivity index (χ3v) is 3.60. The molecule has 1 heterocycles.